The molecule has 264 valence electrons. The molecule has 10 nitrogen and oxygen atoms in total. The normalized spacial score (nSPS) is 45.0. The number of nitrogen functional groups attached to an aromatic ring is 1. The summed E-state index contributed by atoms with van der Waals surface area (Å²) in [5.74, 6) is 0.823. The number of rotatable bonds is 8. The maximum Gasteiger partial charge on any atom is 0.307 e. The van der Waals surface area contributed by atoms with Crippen LogP contribution in [0.2, 0.25) is 0 Å². The monoisotopic (exact) mass is 654 g/mol. The summed E-state index contributed by atoms with van der Waals surface area (Å²) in [4.78, 5) is 13.4. The molecule has 5 aliphatic rings. The van der Waals surface area contributed by atoms with Crippen LogP contribution < -0.4 is 11.5 Å². The largest absolute Gasteiger partial charge is 0.481 e. The zero-order chi connectivity index (χ0) is 34.5. The predicted molar refractivity (Wildman–Crippen MR) is 182 cm³/mol. The van der Waals surface area contributed by atoms with E-state index in [2.05, 4.69) is 90.8 Å². The number of nitrogens with zero attached hydrogens (tertiary/aromatic N) is 4. The molecule has 0 radical (unpaired) electrons. The summed E-state index contributed by atoms with van der Waals surface area (Å²) in [5.41, 5.74) is 12.8. The fourth-order valence-electron chi connectivity index (χ4n) is 12.0. The van der Waals surface area contributed by atoms with E-state index >= 15 is 0 Å². The number of aliphatic carboxylic acids is 1. The molecule has 1 aromatic rings. The van der Waals surface area contributed by atoms with Crippen LogP contribution in [0, 0.1) is 62.6 Å². The van der Waals surface area contributed by atoms with Gasteiger partial charge in [0.25, 0.3) is 0 Å². The zero-order valence-corrected chi connectivity index (χ0v) is 30.7. The number of fused-ring (bicyclic) bond motifs is 3. The summed E-state index contributed by atoms with van der Waals surface area (Å²) < 4.78 is 15.4. The molecule has 47 heavy (non-hydrogen) atoms. The number of hydrogen-bond donors (Lipinski definition) is 3. The third-order valence-electron chi connectivity index (χ3n) is 15.8. The zero-order valence-electron chi connectivity index (χ0n) is 30.7. The first-order valence-electron chi connectivity index (χ1n) is 18.2. The Morgan fingerprint density at radius 1 is 1.13 bits per heavy atom. The van der Waals surface area contributed by atoms with Crippen LogP contribution in [0.25, 0.3) is 0 Å². The van der Waals surface area contributed by atoms with Gasteiger partial charge in [-0.25, -0.2) is 4.68 Å². The molecule has 4 aliphatic carbocycles. The predicted octanol–water partition coefficient (Wildman–Crippen LogP) is 6.14. The average molecular weight is 655 g/mol. The number of aromatic nitrogens is 4. The third kappa shape index (κ3) is 4.73. The Morgan fingerprint density at radius 3 is 2.43 bits per heavy atom. The minimum absolute atomic E-state index is 0.154. The van der Waals surface area contributed by atoms with Crippen molar-refractivity contribution in [3.05, 3.63) is 11.6 Å². The average Bonchev–Trinajstić information content (AvgIpc) is 3.41. The molecule has 3 saturated carbocycles. The summed E-state index contributed by atoms with van der Waals surface area (Å²) in [6.07, 6.45) is 7.81. The summed E-state index contributed by atoms with van der Waals surface area (Å²) >= 11 is 0. The first kappa shape index (κ1) is 34.8. The van der Waals surface area contributed by atoms with E-state index in [0.717, 1.165) is 38.5 Å². The number of nitrogens with two attached hydrogens (primary N) is 2. The van der Waals surface area contributed by atoms with Crippen LogP contribution in [-0.2, 0) is 14.3 Å². The molecule has 0 amide bonds. The highest BCUT2D eigenvalue weighted by molar-refractivity contribution is 5.73. The van der Waals surface area contributed by atoms with E-state index in [9.17, 15) is 9.90 Å². The molecule has 10 heteroatoms. The Labute approximate surface area is 282 Å². The summed E-state index contributed by atoms with van der Waals surface area (Å²) in [6, 6.07) is -0.188. The first-order chi connectivity index (χ1) is 21.8. The number of carboxylic acids is 1. The van der Waals surface area contributed by atoms with Crippen molar-refractivity contribution in [2.45, 2.75) is 125 Å². The van der Waals surface area contributed by atoms with E-state index in [4.69, 9.17) is 20.9 Å². The van der Waals surface area contributed by atoms with Gasteiger partial charge in [0, 0.05) is 16.4 Å². The van der Waals surface area contributed by atoms with Crippen LogP contribution in [0.4, 0.5) is 5.95 Å². The number of anilines is 1. The van der Waals surface area contributed by atoms with Crippen LogP contribution in [-0.4, -0.2) is 62.7 Å². The van der Waals surface area contributed by atoms with Crippen molar-refractivity contribution >= 4 is 11.9 Å². The number of hydrogen-bond acceptors (Lipinski definition) is 8. The maximum atomic E-state index is 13.4. The van der Waals surface area contributed by atoms with Gasteiger partial charge in [0.2, 0.25) is 5.95 Å². The highest BCUT2D eigenvalue weighted by Gasteiger charge is 2.72. The van der Waals surface area contributed by atoms with E-state index in [1.165, 1.54) is 5.57 Å². The lowest BCUT2D eigenvalue weighted by atomic mass is 9.34. The van der Waals surface area contributed by atoms with E-state index in [-0.39, 0.29) is 51.1 Å². The smallest absolute Gasteiger partial charge is 0.307 e. The quantitative estimate of drug-likeness (QED) is 0.281. The fourth-order valence-corrected chi connectivity index (χ4v) is 12.0. The van der Waals surface area contributed by atoms with Gasteiger partial charge < -0.3 is 26.0 Å². The fraction of sp³-hybridized carbons (Fsp3) is 0.892. The van der Waals surface area contributed by atoms with Crippen molar-refractivity contribution in [3.63, 3.8) is 0 Å². The molecule has 1 unspecified atom stereocenters. The molecule has 0 spiro atoms. The van der Waals surface area contributed by atoms with Gasteiger partial charge in [-0.1, -0.05) is 79.1 Å². The Bertz CT molecular complexity index is 1410. The van der Waals surface area contributed by atoms with Gasteiger partial charge in [-0.3, -0.25) is 4.79 Å². The SMILES string of the molecule is CC(C)[C@@H](C)[C@@]1(C)CC[C@]2(C)[C@H]3CC[C@H]4C5(C)COC[C@@]4(C[C@@H](n4nnnc4N)[C@@H]5OC[C@](C)(N)C(C)C)C3=CC[C@@]2(C)[C@@H]1C(=O)O. The lowest BCUT2D eigenvalue weighted by Gasteiger charge is -2.71. The van der Waals surface area contributed by atoms with Crippen molar-refractivity contribution in [1.29, 1.82) is 0 Å². The molecular formula is C37H62N6O4. The molecule has 2 bridgehead atoms. The molecule has 4 fully saturated rings. The Balaban J connectivity index is 1.45. The molecule has 0 aromatic carbocycles. The summed E-state index contributed by atoms with van der Waals surface area (Å²) in [6.45, 7) is 24.1. The first-order valence-corrected chi connectivity index (χ1v) is 18.2. The second kappa shape index (κ2) is 11.2. The minimum Gasteiger partial charge on any atom is -0.481 e. The van der Waals surface area contributed by atoms with Gasteiger partial charge >= 0.3 is 5.97 Å². The summed E-state index contributed by atoms with van der Waals surface area (Å²) in [5, 5.41) is 23.5. The van der Waals surface area contributed by atoms with Gasteiger partial charge in [0.15, 0.2) is 0 Å². The third-order valence-corrected chi connectivity index (χ3v) is 15.8. The van der Waals surface area contributed by atoms with Gasteiger partial charge in [-0.15, -0.1) is 0 Å². The molecule has 1 aliphatic heterocycles. The Hall–Kier alpha value is -2.04. The number of carboxylic acid groups (broad SMARTS) is 1. The number of ether oxygens (including phenoxy) is 2. The molecule has 5 N–H and O–H groups in total. The molecule has 12 atom stereocenters. The number of tetrazole rings is 1. The van der Waals surface area contributed by atoms with Crippen molar-refractivity contribution in [2.24, 2.45) is 68.3 Å². The second-order valence-electron chi connectivity index (χ2n) is 18.5. The maximum absolute atomic E-state index is 13.4. The minimum atomic E-state index is -0.633. The second-order valence-corrected chi connectivity index (χ2v) is 18.5. The van der Waals surface area contributed by atoms with Crippen molar-refractivity contribution in [3.8, 4) is 0 Å². The van der Waals surface area contributed by atoms with Crippen LogP contribution >= 0.6 is 0 Å². The highest BCUT2D eigenvalue weighted by Crippen LogP contribution is 2.75. The van der Waals surface area contributed by atoms with Crippen LogP contribution in [0.1, 0.15) is 114 Å². The van der Waals surface area contributed by atoms with Gasteiger partial charge in [-0.05, 0) is 102 Å². The van der Waals surface area contributed by atoms with Crippen LogP contribution in [0.5, 0.6) is 0 Å². The Kier molecular flexibility index (Phi) is 8.32. The molecule has 2 heterocycles. The molecule has 1 saturated heterocycles. The van der Waals surface area contributed by atoms with Crippen LogP contribution in [0.3, 0.4) is 0 Å². The topological polar surface area (TPSA) is 151 Å². The summed E-state index contributed by atoms with van der Waals surface area (Å²) in [7, 11) is 0. The lowest BCUT2D eigenvalue weighted by Crippen LogP contribution is -2.69. The van der Waals surface area contributed by atoms with Crippen molar-refractivity contribution < 1.29 is 19.4 Å². The van der Waals surface area contributed by atoms with Gasteiger partial charge in [0.1, 0.15) is 0 Å². The molecule has 1 aromatic heterocycles. The van der Waals surface area contributed by atoms with E-state index in [1.807, 2.05) is 0 Å². The van der Waals surface area contributed by atoms with E-state index in [0.29, 0.717) is 43.5 Å². The lowest BCUT2D eigenvalue weighted by molar-refractivity contribution is -0.252. The highest BCUT2D eigenvalue weighted by atomic mass is 16.5. The van der Waals surface area contributed by atoms with Gasteiger partial charge in [0.05, 0.1) is 37.9 Å². The standard InChI is InChI=1S/C37H62N6O4/c1-21(2)23(5)32(6)15-16-34(8)24-11-12-27-33(7)18-46-20-37(27,25(24)13-14-35(34,9)28(32)30(44)45)17-26(43-31(38)40-41-42-43)29(33)47-19-36(10,39)22(3)4/h13,21-24,26-29H,11-12,14-20,39H2,1-10H3,(H,44,45)(H2,38,40,42)/t23-,24+,26-,27+,28-,29+,32-,33?,34-,35+,36+,37+/m1/s1. The molecule has 6 rings (SSSR count). The van der Waals surface area contributed by atoms with E-state index in [1.54, 1.807) is 4.68 Å². The molecular weight excluding hydrogens is 592 g/mol. The van der Waals surface area contributed by atoms with E-state index < -0.39 is 17.4 Å². The van der Waals surface area contributed by atoms with Gasteiger partial charge in [-0.2, -0.15) is 0 Å². The Morgan fingerprint density at radius 2 is 1.83 bits per heavy atom. The number of carbonyl (C=O) groups is 1. The number of allylic oxidation sites excluding steroid dienone is 1. The van der Waals surface area contributed by atoms with Crippen molar-refractivity contribution in [1.82, 2.24) is 20.2 Å². The van der Waals surface area contributed by atoms with Crippen LogP contribution in [0.15, 0.2) is 11.6 Å². The van der Waals surface area contributed by atoms with Crippen molar-refractivity contribution in [2.75, 3.05) is 25.6 Å².